The van der Waals surface area contributed by atoms with Crippen LogP contribution >= 0.6 is 0 Å². The zero-order chi connectivity index (χ0) is 20.5. The minimum absolute atomic E-state index is 0.0469. The molecule has 29 heavy (non-hydrogen) atoms. The van der Waals surface area contributed by atoms with Gasteiger partial charge in [0.15, 0.2) is 0 Å². The number of anilines is 1. The molecular formula is C22H21N5O2. The lowest BCUT2D eigenvalue weighted by Gasteiger charge is -2.15. The summed E-state index contributed by atoms with van der Waals surface area (Å²) in [5.41, 5.74) is 10.4. The van der Waals surface area contributed by atoms with Crippen LogP contribution in [0.4, 0.5) is 5.82 Å². The van der Waals surface area contributed by atoms with Gasteiger partial charge in [-0.3, -0.25) is 14.5 Å². The Morgan fingerprint density at radius 3 is 2.66 bits per heavy atom. The summed E-state index contributed by atoms with van der Waals surface area (Å²) in [7, 11) is 1.77. The van der Waals surface area contributed by atoms with Crippen LogP contribution in [0.15, 0.2) is 42.7 Å². The number of hydrogen-bond donors (Lipinski definition) is 1. The highest BCUT2D eigenvalue weighted by Crippen LogP contribution is 2.33. The molecule has 2 N–H and O–H groups in total. The van der Waals surface area contributed by atoms with Crippen molar-refractivity contribution in [1.82, 2.24) is 14.8 Å². The van der Waals surface area contributed by atoms with E-state index in [1.165, 1.54) is 0 Å². The molecule has 2 aromatic heterocycles. The molecule has 1 atom stereocenters. The van der Waals surface area contributed by atoms with Gasteiger partial charge in [0.2, 0.25) is 0 Å². The largest absolute Gasteiger partial charge is 0.458 e. The van der Waals surface area contributed by atoms with Crippen molar-refractivity contribution >= 4 is 11.8 Å². The third kappa shape index (κ3) is 3.69. The third-order valence-electron chi connectivity index (χ3n) is 5.17. The standard InChI is InChI=1S/C22H21N5O2/c1-13(29-22(28)14-3-4-14)15-5-7-18(17(9-15)10-23)16-6-8-20(25-11-16)19-12-26-27(2)21(19)24/h5-9,11-14H,3-4,24H2,1-2H3. The van der Waals surface area contributed by atoms with Gasteiger partial charge in [0.1, 0.15) is 11.9 Å². The minimum Gasteiger partial charge on any atom is -0.458 e. The van der Waals surface area contributed by atoms with Gasteiger partial charge in [-0.15, -0.1) is 0 Å². The zero-order valence-electron chi connectivity index (χ0n) is 16.3. The molecule has 7 heteroatoms. The maximum atomic E-state index is 11.9. The molecule has 0 aliphatic heterocycles. The molecule has 1 aliphatic rings. The number of aryl methyl sites for hydroxylation is 1. The lowest BCUT2D eigenvalue weighted by Crippen LogP contribution is -2.10. The summed E-state index contributed by atoms with van der Waals surface area (Å²) in [4.78, 5) is 16.4. The fourth-order valence-electron chi connectivity index (χ4n) is 3.17. The summed E-state index contributed by atoms with van der Waals surface area (Å²) in [5.74, 6) is 0.433. The molecule has 0 spiro atoms. The van der Waals surface area contributed by atoms with E-state index >= 15 is 0 Å². The molecule has 0 saturated heterocycles. The fourth-order valence-corrected chi connectivity index (χ4v) is 3.17. The highest BCUT2D eigenvalue weighted by Gasteiger charge is 2.32. The number of hydrogen-bond acceptors (Lipinski definition) is 6. The second-order valence-electron chi connectivity index (χ2n) is 7.27. The zero-order valence-corrected chi connectivity index (χ0v) is 16.3. The van der Waals surface area contributed by atoms with Gasteiger partial charge in [-0.05, 0) is 37.5 Å². The molecule has 1 aromatic carbocycles. The minimum atomic E-state index is -0.390. The van der Waals surface area contributed by atoms with Crippen molar-refractivity contribution in [3.63, 3.8) is 0 Å². The lowest BCUT2D eigenvalue weighted by atomic mass is 9.97. The van der Waals surface area contributed by atoms with Crippen molar-refractivity contribution in [3.05, 3.63) is 53.9 Å². The van der Waals surface area contributed by atoms with E-state index in [0.717, 1.165) is 40.8 Å². The van der Waals surface area contributed by atoms with E-state index in [4.69, 9.17) is 10.5 Å². The topological polar surface area (TPSA) is 107 Å². The highest BCUT2D eigenvalue weighted by molar-refractivity contribution is 5.76. The molecular weight excluding hydrogens is 366 g/mol. The Morgan fingerprint density at radius 1 is 1.28 bits per heavy atom. The second-order valence-corrected chi connectivity index (χ2v) is 7.27. The summed E-state index contributed by atoms with van der Waals surface area (Å²) in [6.07, 6.45) is 4.81. The van der Waals surface area contributed by atoms with Crippen LogP contribution in [0.25, 0.3) is 22.4 Å². The Kier molecular flexibility index (Phi) is 4.77. The number of nitrogens with two attached hydrogens (primary N) is 1. The predicted molar refractivity (Wildman–Crippen MR) is 108 cm³/mol. The quantitative estimate of drug-likeness (QED) is 0.670. The average Bonchev–Trinajstić information content (AvgIpc) is 3.54. The molecule has 2 heterocycles. The van der Waals surface area contributed by atoms with Crippen molar-refractivity contribution in [2.45, 2.75) is 25.9 Å². The Balaban J connectivity index is 1.58. The Bertz CT molecular complexity index is 1110. The first-order valence-electron chi connectivity index (χ1n) is 9.46. The fraction of sp³-hybridized carbons (Fsp3) is 0.273. The van der Waals surface area contributed by atoms with Crippen LogP contribution in [0.1, 0.15) is 37.0 Å². The Labute approximate surface area is 168 Å². The van der Waals surface area contributed by atoms with E-state index in [9.17, 15) is 10.1 Å². The van der Waals surface area contributed by atoms with E-state index in [1.807, 2.05) is 31.2 Å². The number of rotatable bonds is 5. The molecule has 0 radical (unpaired) electrons. The van der Waals surface area contributed by atoms with E-state index in [0.29, 0.717) is 11.4 Å². The number of carbonyl (C=O) groups is 1. The monoisotopic (exact) mass is 387 g/mol. The average molecular weight is 387 g/mol. The summed E-state index contributed by atoms with van der Waals surface area (Å²) < 4.78 is 7.09. The molecule has 1 saturated carbocycles. The summed E-state index contributed by atoms with van der Waals surface area (Å²) >= 11 is 0. The van der Waals surface area contributed by atoms with Crippen LogP contribution < -0.4 is 5.73 Å². The van der Waals surface area contributed by atoms with Gasteiger partial charge in [-0.2, -0.15) is 10.4 Å². The number of pyridine rings is 1. The Hall–Kier alpha value is -3.66. The van der Waals surface area contributed by atoms with Gasteiger partial charge in [-0.1, -0.05) is 18.2 Å². The van der Waals surface area contributed by atoms with Gasteiger partial charge in [0.05, 0.1) is 35.0 Å². The first kappa shape index (κ1) is 18.7. The maximum Gasteiger partial charge on any atom is 0.309 e. The van der Waals surface area contributed by atoms with Crippen LogP contribution in [-0.2, 0) is 16.6 Å². The molecule has 4 rings (SSSR count). The van der Waals surface area contributed by atoms with Crippen molar-refractivity contribution in [2.75, 3.05) is 5.73 Å². The van der Waals surface area contributed by atoms with Crippen molar-refractivity contribution in [2.24, 2.45) is 13.0 Å². The number of carbonyl (C=O) groups excluding carboxylic acids is 1. The molecule has 7 nitrogen and oxygen atoms in total. The molecule has 3 aromatic rings. The summed E-state index contributed by atoms with van der Waals surface area (Å²) in [6, 6.07) is 11.5. The third-order valence-corrected chi connectivity index (χ3v) is 5.17. The number of nitriles is 1. The SMILES string of the molecule is CC(OC(=O)C1CC1)c1ccc(-c2ccc(-c3cnn(C)c3N)nc2)c(C#N)c1. The van der Waals surface area contributed by atoms with Gasteiger partial charge in [0, 0.05) is 24.4 Å². The molecule has 0 amide bonds. The van der Waals surface area contributed by atoms with Crippen LogP contribution in [-0.4, -0.2) is 20.7 Å². The smallest absolute Gasteiger partial charge is 0.309 e. The number of nitrogen functional groups attached to an aromatic ring is 1. The van der Waals surface area contributed by atoms with Gasteiger partial charge in [-0.25, -0.2) is 0 Å². The Morgan fingerprint density at radius 2 is 2.07 bits per heavy atom. The summed E-state index contributed by atoms with van der Waals surface area (Å²) in [5, 5.41) is 13.8. The normalized spacial score (nSPS) is 14.2. The van der Waals surface area contributed by atoms with E-state index in [2.05, 4.69) is 16.2 Å². The second kappa shape index (κ2) is 7.40. The van der Waals surface area contributed by atoms with E-state index in [1.54, 1.807) is 30.2 Å². The maximum absolute atomic E-state index is 11.9. The van der Waals surface area contributed by atoms with Gasteiger partial charge < -0.3 is 10.5 Å². The van der Waals surface area contributed by atoms with Crippen LogP contribution in [0.3, 0.4) is 0 Å². The van der Waals surface area contributed by atoms with Gasteiger partial charge in [0.25, 0.3) is 0 Å². The van der Waals surface area contributed by atoms with Crippen LogP contribution in [0, 0.1) is 17.2 Å². The number of nitrogens with zero attached hydrogens (tertiary/aromatic N) is 4. The first-order chi connectivity index (χ1) is 14.0. The van der Waals surface area contributed by atoms with Crippen LogP contribution in [0.2, 0.25) is 0 Å². The van der Waals surface area contributed by atoms with Crippen LogP contribution in [0.5, 0.6) is 0 Å². The number of aromatic nitrogens is 3. The number of esters is 1. The lowest BCUT2D eigenvalue weighted by molar-refractivity contribution is -0.150. The first-order valence-corrected chi connectivity index (χ1v) is 9.46. The molecule has 1 unspecified atom stereocenters. The van der Waals surface area contributed by atoms with Crippen molar-refractivity contribution < 1.29 is 9.53 Å². The molecule has 0 bridgehead atoms. The van der Waals surface area contributed by atoms with E-state index < -0.39 is 6.10 Å². The molecule has 1 aliphatic carbocycles. The number of ether oxygens (including phenoxy) is 1. The van der Waals surface area contributed by atoms with E-state index in [-0.39, 0.29) is 11.9 Å². The van der Waals surface area contributed by atoms with Crippen molar-refractivity contribution in [3.8, 4) is 28.5 Å². The predicted octanol–water partition coefficient (Wildman–Crippen LogP) is 3.62. The summed E-state index contributed by atoms with van der Waals surface area (Å²) in [6.45, 7) is 1.82. The molecule has 1 fully saturated rings. The number of benzene rings is 1. The van der Waals surface area contributed by atoms with Gasteiger partial charge >= 0.3 is 5.97 Å². The highest BCUT2D eigenvalue weighted by atomic mass is 16.5. The molecule has 146 valence electrons. The van der Waals surface area contributed by atoms with Crippen molar-refractivity contribution in [1.29, 1.82) is 5.26 Å².